The number of para-hydroxylation sites is 2. The molecule has 242 valence electrons. The molecule has 9 aromatic rings. The van der Waals surface area contributed by atoms with E-state index >= 15 is 0 Å². The van der Waals surface area contributed by atoms with Gasteiger partial charge in [-0.15, -0.1) is 0 Å². The fourth-order valence-electron chi connectivity index (χ4n) is 8.82. The van der Waals surface area contributed by atoms with Gasteiger partial charge in [-0.1, -0.05) is 152 Å². The number of hydrogen-bond donors (Lipinski definition) is 0. The van der Waals surface area contributed by atoms with Crippen LogP contribution >= 0.6 is 0 Å². The minimum absolute atomic E-state index is 0.525. The van der Waals surface area contributed by atoms with Gasteiger partial charge in [0.1, 0.15) is 11.5 Å². The smallest absolute Gasteiger partial charge is 0.132 e. The van der Waals surface area contributed by atoms with Crippen LogP contribution in [0.5, 0.6) is 11.5 Å². The van der Waals surface area contributed by atoms with E-state index in [4.69, 9.17) is 9.72 Å². The lowest BCUT2D eigenvalue weighted by molar-refractivity contribution is 0.436. The number of fused-ring (bicyclic) bond motifs is 11. The lowest BCUT2D eigenvalue weighted by atomic mass is 9.66. The van der Waals surface area contributed by atoms with Crippen molar-refractivity contribution >= 4 is 21.5 Å². The molecule has 0 fully saturated rings. The molecule has 0 saturated carbocycles. The number of aromatic nitrogens is 1. The van der Waals surface area contributed by atoms with Gasteiger partial charge in [0.15, 0.2) is 0 Å². The average Bonchev–Trinajstić information content (AvgIpc) is 3.51. The Morgan fingerprint density at radius 2 is 0.827 bits per heavy atom. The Morgan fingerprint density at radius 3 is 1.44 bits per heavy atom. The summed E-state index contributed by atoms with van der Waals surface area (Å²) in [6.45, 7) is 0. The predicted molar refractivity (Wildman–Crippen MR) is 213 cm³/mol. The highest BCUT2D eigenvalue weighted by atomic mass is 16.5. The maximum atomic E-state index is 6.59. The number of pyridine rings is 1. The molecule has 1 spiro atoms. The van der Waals surface area contributed by atoms with Gasteiger partial charge in [-0.05, 0) is 91.3 Å². The first kappa shape index (κ1) is 29.0. The molecule has 2 aliphatic rings. The molecule has 52 heavy (non-hydrogen) atoms. The third kappa shape index (κ3) is 4.15. The summed E-state index contributed by atoms with van der Waals surface area (Å²) in [5, 5.41) is 4.84. The summed E-state index contributed by atoms with van der Waals surface area (Å²) < 4.78 is 6.59. The molecule has 1 aliphatic carbocycles. The van der Waals surface area contributed by atoms with Crippen LogP contribution in [0.15, 0.2) is 188 Å². The summed E-state index contributed by atoms with van der Waals surface area (Å²) in [4.78, 5) is 5.38. The zero-order chi connectivity index (χ0) is 34.2. The molecule has 11 rings (SSSR count). The van der Waals surface area contributed by atoms with Crippen molar-refractivity contribution in [3.05, 3.63) is 210 Å². The summed E-state index contributed by atoms with van der Waals surface area (Å²) in [5.41, 5.74) is 13.3. The fraction of sp³-hybridized carbons (Fsp3) is 0.0200. The Labute approximate surface area is 302 Å². The van der Waals surface area contributed by atoms with Crippen molar-refractivity contribution in [2.75, 3.05) is 0 Å². The fourth-order valence-corrected chi connectivity index (χ4v) is 8.82. The molecule has 0 saturated heterocycles. The molecule has 0 amide bonds. The van der Waals surface area contributed by atoms with E-state index in [0.717, 1.165) is 39.6 Å². The van der Waals surface area contributed by atoms with Gasteiger partial charge in [0, 0.05) is 22.3 Å². The van der Waals surface area contributed by atoms with Crippen LogP contribution in [0.1, 0.15) is 22.3 Å². The zero-order valence-corrected chi connectivity index (χ0v) is 28.3. The lowest BCUT2D eigenvalue weighted by Crippen LogP contribution is -2.32. The third-order valence-electron chi connectivity index (χ3n) is 11.1. The van der Waals surface area contributed by atoms with Gasteiger partial charge in [-0.2, -0.15) is 0 Å². The molecule has 8 aromatic carbocycles. The lowest BCUT2D eigenvalue weighted by Gasteiger charge is -2.39. The average molecular weight is 662 g/mol. The molecule has 0 atom stereocenters. The molecule has 0 N–H and O–H groups in total. The van der Waals surface area contributed by atoms with Crippen molar-refractivity contribution in [3.8, 4) is 56.3 Å². The van der Waals surface area contributed by atoms with E-state index in [1.165, 1.54) is 60.5 Å². The van der Waals surface area contributed by atoms with Crippen LogP contribution in [0, 0.1) is 0 Å². The summed E-state index contributed by atoms with van der Waals surface area (Å²) >= 11 is 0. The molecular formula is C50H31NO. The molecular weight excluding hydrogens is 631 g/mol. The Hall–Kier alpha value is -6.77. The summed E-state index contributed by atoms with van der Waals surface area (Å²) in [5.74, 6) is 1.80. The summed E-state index contributed by atoms with van der Waals surface area (Å²) in [6, 6.07) is 67.9. The van der Waals surface area contributed by atoms with E-state index in [2.05, 4.69) is 188 Å². The van der Waals surface area contributed by atoms with Crippen LogP contribution in [0.4, 0.5) is 0 Å². The number of rotatable bonds is 3. The second kappa shape index (κ2) is 11.1. The SMILES string of the molecule is c1ccc2c(c1)Oc1ccccc1C21c2ccccc2-c2c(-c3cc(-c4ccc5ccccc5c4)nc(-c4ccc5ccccc5c4)c3)cccc21. The largest absolute Gasteiger partial charge is 0.457 e. The molecule has 1 aliphatic heterocycles. The maximum Gasteiger partial charge on any atom is 0.132 e. The van der Waals surface area contributed by atoms with Crippen molar-refractivity contribution in [1.82, 2.24) is 4.98 Å². The molecule has 0 radical (unpaired) electrons. The first-order valence-corrected chi connectivity index (χ1v) is 17.9. The van der Waals surface area contributed by atoms with Crippen molar-refractivity contribution in [1.29, 1.82) is 0 Å². The van der Waals surface area contributed by atoms with Gasteiger partial charge >= 0.3 is 0 Å². The summed E-state index contributed by atoms with van der Waals surface area (Å²) in [6.07, 6.45) is 0. The van der Waals surface area contributed by atoms with Gasteiger partial charge in [-0.25, -0.2) is 4.98 Å². The minimum Gasteiger partial charge on any atom is -0.457 e. The van der Waals surface area contributed by atoms with E-state index in [0.29, 0.717) is 0 Å². The normalized spacial score (nSPS) is 13.3. The van der Waals surface area contributed by atoms with Crippen LogP contribution < -0.4 is 4.74 Å². The van der Waals surface area contributed by atoms with Crippen molar-refractivity contribution in [2.45, 2.75) is 5.41 Å². The zero-order valence-electron chi connectivity index (χ0n) is 28.3. The standard InChI is InChI=1S/C50H31NO/c1-3-14-34-28-36(26-24-32(34)12-1)45-30-38(31-46(51-45)37-27-25-33-13-2-4-15-35(33)29-37)39-17-11-21-44-49(39)40-16-5-6-18-41(40)50(44)42-19-7-9-22-47(42)52-48-23-10-8-20-43(48)50/h1-31H. The highest BCUT2D eigenvalue weighted by Crippen LogP contribution is 2.63. The van der Waals surface area contributed by atoms with Crippen LogP contribution in [0.25, 0.3) is 66.3 Å². The van der Waals surface area contributed by atoms with Crippen LogP contribution in [-0.2, 0) is 5.41 Å². The van der Waals surface area contributed by atoms with Gasteiger partial charge in [0.05, 0.1) is 16.8 Å². The Morgan fingerprint density at radius 1 is 0.346 bits per heavy atom. The number of nitrogens with zero attached hydrogens (tertiary/aromatic N) is 1. The van der Waals surface area contributed by atoms with E-state index in [1.807, 2.05) is 0 Å². The predicted octanol–water partition coefficient (Wildman–Crippen LogP) is 12.9. The van der Waals surface area contributed by atoms with E-state index < -0.39 is 5.41 Å². The Kier molecular flexibility index (Phi) is 6.20. The second-order valence-corrected chi connectivity index (χ2v) is 13.9. The van der Waals surface area contributed by atoms with Crippen molar-refractivity contribution in [2.24, 2.45) is 0 Å². The van der Waals surface area contributed by atoms with E-state index in [9.17, 15) is 0 Å². The van der Waals surface area contributed by atoms with Gasteiger partial charge in [-0.3, -0.25) is 0 Å². The molecule has 1 aromatic heterocycles. The highest BCUT2D eigenvalue weighted by molar-refractivity contribution is 5.98. The highest BCUT2D eigenvalue weighted by Gasteiger charge is 2.51. The first-order valence-electron chi connectivity index (χ1n) is 17.9. The monoisotopic (exact) mass is 661 g/mol. The summed E-state index contributed by atoms with van der Waals surface area (Å²) in [7, 11) is 0. The second-order valence-electron chi connectivity index (χ2n) is 13.9. The quantitative estimate of drug-likeness (QED) is 0.188. The molecule has 0 bridgehead atoms. The van der Waals surface area contributed by atoms with Crippen molar-refractivity contribution in [3.63, 3.8) is 0 Å². The molecule has 0 unspecified atom stereocenters. The van der Waals surface area contributed by atoms with Crippen molar-refractivity contribution < 1.29 is 4.74 Å². The van der Waals surface area contributed by atoms with Crippen LogP contribution in [-0.4, -0.2) is 4.98 Å². The molecule has 2 nitrogen and oxygen atoms in total. The maximum absolute atomic E-state index is 6.59. The number of hydrogen-bond acceptors (Lipinski definition) is 2. The van der Waals surface area contributed by atoms with Crippen LogP contribution in [0.2, 0.25) is 0 Å². The minimum atomic E-state index is -0.525. The van der Waals surface area contributed by atoms with E-state index in [1.54, 1.807) is 0 Å². The first-order chi connectivity index (χ1) is 25.8. The Balaban J connectivity index is 1.20. The number of benzene rings is 8. The Bertz CT molecular complexity index is 2760. The van der Waals surface area contributed by atoms with Gasteiger partial charge in [0.25, 0.3) is 0 Å². The van der Waals surface area contributed by atoms with Gasteiger partial charge < -0.3 is 4.74 Å². The molecule has 2 heterocycles. The van der Waals surface area contributed by atoms with E-state index in [-0.39, 0.29) is 0 Å². The molecule has 2 heteroatoms. The number of ether oxygens (including phenoxy) is 1. The van der Waals surface area contributed by atoms with Crippen LogP contribution in [0.3, 0.4) is 0 Å². The third-order valence-corrected chi connectivity index (χ3v) is 11.1. The topological polar surface area (TPSA) is 22.1 Å². The van der Waals surface area contributed by atoms with Gasteiger partial charge in [0.2, 0.25) is 0 Å².